The van der Waals surface area contributed by atoms with Gasteiger partial charge in [-0.2, -0.15) is 0 Å². The maximum atomic E-state index is 5.05. The highest BCUT2D eigenvalue weighted by molar-refractivity contribution is 14.0. The molecule has 1 aliphatic heterocycles. The van der Waals surface area contributed by atoms with Gasteiger partial charge in [0.05, 0.1) is 6.61 Å². The molecular weight excluding hydrogens is 465 g/mol. The number of ether oxygens (including phenoxy) is 1. The van der Waals surface area contributed by atoms with Gasteiger partial charge in [0, 0.05) is 52.1 Å². The molecule has 0 aliphatic carbocycles. The second-order valence-electron chi connectivity index (χ2n) is 7.20. The van der Waals surface area contributed by atoms with E-state index in [0.717, 1.165) is 43.7 Å². The van der Waals surface area contributed by atoms with E-state index in [1.54, 1.807) is 7.11 Å². The molecule has 1 aliphatic rings. The highest BCUT2D eigenvalue weighted by atomic mass is 127. The summed E-state index contributed by atoms with van der Waals surface area (Å²) in [6.07, 6.45) is 5.22. The first-order valence-corrected chi connectivity index (χ1v) is 10.2. The summed E-state index contributed by atoms with van der Waals surface area (Å²) in [6, 6.07) is 9.20. The Morgan fingerprint density at radius 1 is 1.18 bits per heavy atom. The number of benzene rings is 1. The molecule has 0 saturated carbocycles. The number of likely N-dealkylation sites (tertiary alicyclic amines) is 1. The zero-order chi connectivity index (χ0) is 19.3. The van der Waals surface area contributed by atoms with Gasteiger partial charge in [0.2, 0.25) is 0 Å². The lowest BCUT2D eigenvalue weighted by Crippen LogP contribution is -2.41. The summed E-state index contributed by atoms with van der Waals surface area (Å²) in [5.74, 6) is 0.865. The van der Waals surface area contributed by atoms with Gasteiger partial charge >= 0.3 is 0 Å². The highest BCUT2D eigenvalue weighted by Gasteiger charge is 2.17. The molecule has 6 nitrogen and oxygen atoms in total. The fourth-order valence-corrected chi connectivity index (χ4v) is 3.42. The summed E-state index contributed by atoms with van der Waals surface area (Å²) in [7, 11) is 3.54. The average molecular weight is 503 g/mol. The lowest BCUT2D eigenvalue weighted by molar-refractivity contribution is 0.159. The van der Waals surface area contributed by atoms with Crippen LogP contribution in [0, 0.1) is 0 Å². The van der Waals surface area contributed by atoms with E-state index in [0.29, 0.717) is 6.61 Å². The van der Waals surface area contributed by atoms with E-state index < -0.39 is 0 Å². The van der Waals surface area contributed by atoms with Gasteiger partial charge in [-0.25, -0.2) is 0 Å². The third-order valence-electron chi connectivity index (χ3n) is 5.13. The van der Waals surface area contributed by atoms with Crippen molar-refractivity contribution < 1.29 is 4.74 Å². The summed E-state index contributed by atoms with van der Waals surface area (Å²) in [5, 5.41) is 10.1. The summed E-state index contributed by atoms with van der Waals surface area (Å²) in [4.78, 5) is 6.94. The first kappa shape index (κ1) is 25.0. The number of anilines is 1. The number of rotatable bonds is 10. The Hall–Kier alpha value is -1.06. The molecule has 0 spiro atoms. The molecule has 2 rings (SSSR count). The van der Waals surface area contributed by atoms with Crippen molar-refractivity contribution in [2.45, 2.75) is 45.2 Å². The molecule has 0 bridgehead atoms. The first-order valence-electron chi connectivity index (χ1n) is 10.2. The van der Waals surface area contributed by atoms with Crippen molar-refractivity contribution in [3.05, 3.63) is 29.8 Å². The molecule has 0 aromatic heterocycles. The topological polar surface area (TPSA) is 60.9 Å². The maximum absolute atomic E-state index is 5.05. The van der Waals surface area contributed by atoms with Gasteiger partial charge in [0.25, 0.3) is 0 Å². The number of nitrogens with one attached hydrogen (secondary N) is 3. The molecule has 3 N–H and O–H groups in total. The van der Waals surface area contributed by atoms with E-state index in [-0.39, 0.29) is 24.0 Å². The number of hydrogen-bond acceptors (Lipinski definition) is 4. The van der Waals surface area contributed by atoms with E-state index >= 15 is 0 Å². The molecule has 1 fully saturated rings. The van der Waals surface area contributed by atoms with Crippen LogP contribution < -0.4 is 16.0 Å². The number of nitrogens with zero attached hydrogens (tertiary/aromatic N) is 2. The van der Waals surface area contributed by atoms with Gasteiger partial charge in [-0.1, -0.05) is 18.6 Å². The zero-order valence-corrected chi connectivity index (χ0v) is 20.0. The summed E-state index contributed by atoms with van der Waals surface area (Å²) in [6.45, 7) is 8.02. The average Bonchev–Trinajstić information content (AvgIpc) is 2.70. The number of piperidine rings is 1. The Bertz CT molecular complexity index is 552. The Balaban J connectivity index is 0.00000392. The molecule has 7 heteroatoms. The smallest absolute Gasteiger partial charge is 0.191 e. The summed E-state index contributed by atoms with van der Waals surface area (Å²) >= 11 is 0. The van der Waals surface area contributed by atoms with Crippen LogP contribution in [-0.2, 0) is 11.3 Å². The van der Waals surface area contributed by atoms with Crippen molar-refractivity contribution in [3.8, 4) is 0 Å². The minimum atomic E-state index is 0. The molecular formula is C21H38IN5O. The predicted octanol–water partition coefficient (Wildman–Crippen LogP) is 3.29. The van der Waals surface area contributed by atoms with Crippen LogP contribution in [0.25, 0.3) is 0 Å². The molecule has 1 saturated heterocycles. The van der Waals surface area contributed by atoms with E-state index in [9.17, 15) is 0 Å². The molecule has 0 amide bonds. The van der Waals surface area contributed by atoms with E-state index in [2.05, 4.69) is 57.0 Å². The molecule has 1 aromatic carbocycles. The Labute approximate surface area is 187 Å². The Morgan fingerprint density at radius 2 is 1.96 bits per heavy atom. The molecule has 1 atom stereocenters. The number of guanidine groups is 1. The van der Waals surface area contributed by atoms with Gasteiger partial charge in [-0.05, 0) is 50.4 Å². The van der Waals surface area contributed by atoms with Crippen LogP contribution in [0.2, 0.25) is 0 Å². The third kappa shape index (κ3) is 9.43. The van der Waals surface area contributed by atoms with Gasteiger partial charge < -0.3 is 25.6 Å². The first-order chi connectivity index (χ1) is 13.2. The molecule has 1 heterocycles. The van der Waals surface area contributed by atoms with Crippen molar-refractivity contribution in [1.82, 2.24) is 15.5 Å². The van der Waals surface area contributed by atoms with Crippen LogP contribution in [0.1, 0.15) is 38.2 Å². The number of halogens is 1. The monoisotopic (exact) mass is 503 g/mol. The minimum Gasteiger partial charge on any atom is -0.383 e. The SMILES string of the molecule is CN=C(NCCCN1CCCCC1C)NCc1ccc(NCCOC)cc1.I. The van der Waals surface area contributed by atoms with Crippen LogP contribution >= 0.6 is 24.0 Å². The Morgan fingerprint density at radius 3 is 2.64 bits per heavy atom. The third-order valence-corrected chi connectivity index (χ3v) is 5.13. The maximum Gasteiger partial charge on any atom is 0.191 e. The predicted molar refractivity (Wildman–Crippen MR) is 130 cm³/mol. The lowest BCUT2D eigenvalue weighted by atomic mass is 10.0. The van der Waals surface area contributed by atoms with Crippen LogP contribution in [0.15, 0.2) is 29.3 Å². The number of methoxy groups -OCH3 is 1. The molecule has 28 heavy (non-hydrogen) atoms. The zero-order valence-electron chi connectivity index (χ0n) is 17.7. The second-order valence-corrected chi connectivity index (χ2v) is 7.20. The van der Waals surface area contributed by atoms with Crippen LogP contribution in [0.3, 0.4) is 0 Å². The van der Waals surface area contributed by atoms with Gasteiger partial charge in [0.1, 0.15) is 0 Å². The number of aliphatic imine (C=N–C) groups is 1. The van der Waals surface area contributed by atoms with Gasteiger partial charge in [-0.15, -0.1) is 24.0 Å². The van der Waals surface area contributed by atoms with E-state index in [1.807, 2.05) is 7.05 Å². The van der Waals surface area contributed by atoms with Crippen molar-refractivity contribution in [1.29, 1.82) is 0 Å². The second kappa shape index (κ2) is 14.9. The molecule has 1 aromatic rings. The van der Waals surface area contributed by atoms with Gasteiger partial charge in [0.15, 0.2) is 5.96 Å². The van der Waals surface area contributed by atoms with Crippen molar-refractivity contribution >= 4 is 35.6 Å². The van der Waals surface area contributed by atoms with Gasteiger partial charge in [-0.3, -0.25) is 4.99 Å². The van der Waals surface area contributed by atoms with Crippen LogP contribution in [0.5, 0.6) is 0 Å². The van der Waals surface area contributed by atoms with E-state index in [4.69, 9.17) is 4.74 Å². The molecule has 160 valence electrons. The van der Waals surface area contributed by atoms with Crippen molar-refractivity contribution in [3.63, 3.8) is 0 Å². The van der Waals surface area contributed by atoms with Crippen molar-refractivity contribution in [2.24, 2.45) is 4.99 Å². The fraction of sp³-hybridized carbons (Fsp3) is 0.667. The highest BCUT2D eigenvalue weighted by Crippen LogP contribution is 2.16. The quantitative estimate of drug-likeness (QED) is 0.198. The van der Waals surface area contributed by atoms with Crippen LogP contribution in [0.4, 0.5) is 5.69 Å². The lowest BCUT2D eigenvalue weighted by Gasteiger charge is -2.33. The van der Waals surface area contributed by atoms with E-state index in [1.165, 1.54) is 37.9 Å². The standard InChI is InChI=1S/C21H37N5O.HI/c1-18-7-4-5-14-26(18)15-6-12-24-21(22-2)25-17-19-8-10-20(11-9-19)23-13-16-27-3;/h8-11,18,23H,4-7,12-17H2,1-3H3,(H2,22,24,25);1H. The van der Waals surface area contributed by atoms with Crippen LogP contribution in [-0.4, -0.2) is 63.8 Å². The van der Waals surface area contributed by atoms with Crippen molar-refractivity contribution in [2.75, 3.05) is 52.3 Å². The number of hydrogen-bond donors (Lipinski definition) is 3. The Kier molecular flexibility index (Phi) is 13.3. The minimum absolute atomic E-state index is 0. The summed E-state index contributed by atoms with van der Waals surface area (Å²) < 4.78 is 5.05. The largest absolute Gasteiger partial charge is 0.383 e. The fourth-order valence-electron chi connectivity index (χ4n) is 3.42. The normalized spacial score (nSPS) is 17.7. The summed E-state index contributed by atoms with van der Waals surface area (Å²) in [5.41, 5.74) is 2.35. The molecule has 0 radical (unpaired) electrons. The molecule has 1 unspecified atom stereocenters.